The Kier molecular flexibility index (Phi) is 2.71. The summed E-state index contributed by atoms with van der Waals surface area (Å²) in [7, 11) is 0. The molecular weight excluding hydrogens is 212 g/mol. The minimum absolute atomic E-state index is 0.213. The molecule has 0 aliphatic carbocycles. The summed E-state index contributed by atoms with van der Waals surface area (Å²) in [6.45, 7) is 3.16. The first-order valence-electron chi connectivity index (χ1n) is 6.52. The van der Waals surface area contributed by atoms with E-state index in [1.807, 2.05) is 12.1 Å². The van der Waals surface area contributed by atoms with Crippen LogP contribution in [0.15, 0.2) is 24.3 Å². The molecule has 0 saturated carbocycles. The lowest BCUT2D eigenvalue weighted by atomic mass is 9.88. The number of nitrogen functional groups attached to an aromatic ring is 1. The molecule has 2 aliphatic rings. The van der Waals surface area contributed by atoms with Gasteiger partial charge in [-0.3, -0.25) is 0 Å². The van der Waals surface area contributed by atoms with Crippen LogP contribution in [0.1, 0.15) is 25.7 Å². The van der Waals surface area contributed by atoms with Crippen LogP contribution in [0.4, 0.5) is 11.4 Å². The molecule has 0 radical (unpaired) electrons. The number of hydrogen-bond donors (Lipinski definition) is 1. The predicted octanol–water partition coefficient (Wildman–Crippen LogP) is 2.42. The van der Waals surface area contributed by atoms with Crippen molar-refractivity contribution in [2.24, 2.45) is 0 Å². The smallest absolute Gasteiger partial charge is 0.0717 e. The van der Waals surface area contributed by atoms with Crippen molar-refractivity contribution in [1.82, 2.24) is 0 Å². The molecule has 2 aliphatic heterocycles. The lowest BCUT2D eigenvalue weighted by Crippen LogP contribution is -2.44. The van der Waals surface area contributed by atoms with Crippen molar-refractivity contribution in [3.63, 3.8) is 0 Å². The number of piperidine rings is 1. The molecule has 2 saturated heterocycles. The molecule has 1 aromatic carbocycles. The fourth-order valence-electron chi connectivity index (χ4n) is 3.01. The Morgan fingerprint density at radius 1 is 1.06 bits per heavy atom. The molecule has 1 spiro atoms. The maximum Gasteiger partial charge on any atom is 0.0717 e. The first kappa shape index (κ1) is 10.9. The average Bonchev–Trinajstić information content (AvgIpc) is 2.80. The largest absolute Gasteiger partial charge is 0.399 e. The first-order chi connectivity index (χ1) is 8.27. The predicted molar refractivity (Wildman–Crippen MR) is 70.2 cm³/mol. The van der Waals surface area contributed by atoms with Crippen LogP contribution in [0.3, 0.4) is 0 Å². The number of nitrogens with zero attached hydrogens (tertiary/aromatic N) is 1. The summed E-state index contributed by atoms with van der Waals surface area (Å²) in [6, 6.07) is 8.18. The van der Waals surface area contributed by atoms with Crippen LogP contribution < -0.4 is 10.6 Å². The Labute approximate surface area is 103 Å². The van der Waals surface area contributed by atoms with E-state index in [1.54, 1.807) is 0 Å². The van der Waals surface area contributed by atoms with Gasteiger partial charge in [0.1, 0.15) is 0 Å². The average molecular weight is 232 g/mol. The van der Waals surface area contributed by atoms with Crippen LogP contribution in [0.2, 0.25) is 0 Å². The van der Waals surface area contributed by atoms with Gasteiger partial charge in [0.25, 0.3) is 0 Å². The molecule has 0 bridgehead atoms. The molecule has 2 fully saturated rings. The van der Waals surface area contributed by atoms with Crippen LogP contribution in [0.25, 0.3) is 0 Å². The van der Waals surface area contributed by atoms with E-state index in [0.717, 1.165) is 38.2 Å². The Morgan fingerprint density at radius 2 is 1.76 bits per heavy atom. The van der Waals surface area contributed by atoms with E-state index in [2.05, 4.69) is 17.0 Å². The van der Waals surface area contributed by atoms with E-state index in [1.165, 1.54) is 18.5 Å². The third-order valence-corrected chi connectivity index (χ3v) is 4.12. The normalized spacial score (nSPS) is 23.2. The number of anilines is 2. The second-order valence-corrected chi connectivity index (χ2v) is 5.21. The summed E-state index contributed by atoms with van der Waals surface area (Å²) in [6.07, 6.45) is 4.82. The lowest BCUT2D eigenvalue weighted by Gasteiger charge is -2.39. The summed E-state index contributed by atoms with van der Waals surface area (Å²) in [5.41, 5.74) is 8.04. The van der Waals surface area contributed by atoms with Crippen molar-refractivity contribution in [1.29, 1.82) is 0 Å². The molecule has 0 aromatic heterocycles. The molecule has 2 heterocycles. The van der Waals surface area contributed by atoms with E-state index in [-0.39, 0.29) is 5.60 Å². The van der Waals surface area contributed by atoms with Crippen molar-refractivity contribution < 1.29 is 4.74 Å². The summed E-state index contributed by atoms with van der Waals surface area (Å²) < 4.78 is 5.94. The molecule has 3 heteroatoms. The fourth-order valence-corrected chi connectivity index (χ4v) is 3.01. The number of benzene rings is 1. The van der Waals surface area contributed by atoms with Gasteiger partial charge in [-0.25, -0.2) is 0 Å². The van der Waals surface area contributed by atoms with Crippen LogP contribution in [0, 0.1) is 0 Å². The number of nitrogens with two attached hydrogens (primary N) is 1. The highest BCUT2D eigenvalue weighted by atomic mass is 16.5. The third kappa shape index (κ3) is 2.12. The van der Waals surface area contributed by atoms with Gasteiger partial charge in [0, 0.05) is 31.1 Å². The van der Waals surface area contributed by atoms with Gasteiger partial charge in [0.2, 0.25) is 0 Å². The number of rotatable bonds is 1. The zero-order valence-electron chi connectivity index (χ0n) is 10.2. The van der Waals surface area contributed by atoms with Crippen LogP contribution in [0.5, 0.6) is 0 Å². The molecular formula is C14H20N2O. The van der Waals surface area contributed by atoms with Crippen molar-refractivity contribution in [2.45, 2.75) is 31.3 Å². The van der Waals surface area contributed by atoms with E-state index < -0.39 is 0 Å². The molecule has 0 atom stereocenters. The highest BCUT2D eigenvalue weighted by molar-refractivity contribution is 5.53. The van der Waals surface area contributed by atoms with Gasteiger partial charge in [-0.05, 0) is 49.9 Å². The summed E-state index contributed by atoms with van der Waals surface area (Å²) >= 11 is 0. The number of hydrogen-bond acceptors (Lipinski definition) is 3. The zero-order valence-corrected chi connectivity index (χ0v) is 10.2. The lowest BCUT2D eigenvalue weighted by molar-refractivity contribution is -0.0146. The molecule has 2 N–H and O–H groups in total. The maximum atomic E-state index is 5.94. The minimum Gasteiger partial charge on any atom is -0.399 e. The van der Waals surface area contributed by atoms with Gasteiger partial charge in [0.05, 0.1) is 5.60 Å². The standard InChI is InChI=1S/C14H20N2O/c15-12-2-4-13(5-3-12)16-9-7-14(8-10-16)6-1-11-17-14/h2-5H,1,6-11,15H2. The Bertz CT molecular complexity index is 372. The van der Waals surface area contributed by atoms with E-state index in [4.69, 9.17) is 10.5 Å². The molecule has 17 heavy (non-hydrogen) atoms. The quantitative estimate of drug-likeness (QED) is 0.756. The van der Waals surface area contributed by atoms with Crippen LogP contribution in [-0.4, -0.2) is 25.3 Å². The second-order valence-electron chi connectivity index (χ2n) is 5.21. The topological polar surface area (TPSA) is 38.5 Å². The minimum atomic E-state index is 0.213. The van der Waals surface area contributed by atoms with Crippen molar-refractivity contribution in [3.05, 3.63) is 24.3 Å². The van der Waals surface area contributed by atoms with Gasteiger partial charge in [-0.15, -0.1) is 0 Å². The van der Waals surface area contributed by atoms with Crippen molar-refractivity contribution >= 4 is 11.4 Å². The molecule has 1 aromatic rings. The molecule has 92 valence electrons. The summed E-state index contributed by atoms with van der Waals surface area (Å²) in [5.74, 6) is 0. The van der Waals surface area contributed by atoms with Crippen molar-refractivity contribution in [2.75, 3.05) is 30.3 Å². The highest BCUT2D eigenvalue weighted by Gasteiger charge is 2.38. The van der Waals surface area contributed by atoms with E-state index >= 15 is 0 Å². The van der Waals surface area contributed by atoms with E-state index in [0.29, 0.717) is 0 Å². The van der Waals surface area contributed by atoms with Gasteiger partial charge in [-0.1, -0.05) is 0 Å². The molecule has 3 rings (SSSR count). The Hall–Kier alpha value is -1.22. The van der Waals surface area contributed by atoms with E-state index in [9.17, 15) is 0 Å². The first-order valence-corrected chi connectivity index (χ1v) is 6.52. The summed E-state index contributed by atoms with van der Waals surface area (Å²) in [5, 5.41) is 0. The maximum absolute atomic E-state index is 5.94. The van der Waals surface area contributed by atoms with Crippen LogP contribution in [-0.2, 0) is 4.74 Å². The fraction of sp³-hybridized carbons (Fsp3) is 0.571. The van der Waals surface area contributed by atoms with Gasteiger partial charge < -0.3 is 15.4 Å². The Morgan fingerprint density at radius 3 is 2.35 bits per heavy atom. The SMILES string of the molecule is Nc1ccc(N2CCC3(CCCO3)CC2)cc1. The van der Waals surface area contributed by atoms with Gasteiger partial charge >= 0.3 is 0 Å². The van der Waals surface area contributed by atoms with Crippen LogP contribution >= 0.6 is 0 Å². The molecule has 0 unspecified atom stereocenters. The van der Waals surface area contributed by atoms with Gasteiger partial charge in [-0.2, -0.15) is 0 Å². The highest BCUT2D eigenvalue weighted by Crippen LogP contribution is 2.36. The van der Waals surface area contributed by atoms with Crippen molar-refractivity contribution in [3.8, 4) is 0 Å². The Balaban J connectivity index is 1.66. The van der Waals surface area contributed by atoms with Gasteiger partial charge in [0.15, 0.2) is 0 Å². The third-order valence-electron chi connectivity index (χ3n) is 4.12. The number of ether oxygens (including phenoxy) is 1. The summed E-state index contributed by atoms with van der Waals surface area (Å²) in [4.78, 5) is 2.44. The zero-order chi connectivity index (χ0) is 11.7. The monoisotopic (exact) mass is 232 g/mol. The second kappa shape index (κ2) is 4.22. The molecule has 3 nitrogen and oxygen atoms in total. The molecule has 0 amide bonds.